The van der Waals surface area contributed by atoms with Crippen LogP contribution in [0.3, 0.4) is 0 Å². The smallest absolute Gasteiger partial charge is 0.143 e. The van der Waals surface area contributed by atoms with Crippen LogP contribution in [0.5, 0.6) is 0 Å². The Morgan fingerprint density at radius 2 is 2.31 bits per heavy atom. The first-order chi connectivity index (χ1) is 7.72. The first-order valence-corrected chi connectivity index (χ1v) is 6.90. The van der Waals surface area contributed by atoms with Gasteiger partial charge in [-0.15, -0.1) is 10.2 Å². The van der Waals surface area contributed by atoms with Crippen LogP contribution in [0.4, 0.5) is 0 Å². The zero-order valence-electron chi connectivity index (χ0n) is 9.82. The summed E-state index contributed by atoms with van der Waals surface area (Å²) in [5, 5.41) is 9.33. The van der Waals surface area contributed by atoms with E-state index in [0.29, 0.717) is 11.8 Å². The predicted molar refractivity (Wildman–Crippen MR) is 65.7 cm³/mol. The maximum absolute atomic E-state index is 5.42. The lowest BCUT2D eigenvalue weighted by molar-refractivity contribution is 0.192. The molecule has 0 amide bonds. The molecule has 0 bridgehead atoms. The first-order valence-electron chi connectivity index (χ1n) is 5.78. The second-order valence-electron chi connectivity index (χ2n) is 4.67. The molecule has 1 atom stereocenters. The molecule has 4 nitrogen and oxygen atoms in total. The van der Waals surface area contributed by atoms with E-state index in [1.807, 2.05) is 0 Å². The molecular formula is C11H18BrN3O. The lowest BCUT2D eigenvalue weighted by Crippen LogP contribution is -2.14. The van der Waals surface area contributed by atoms with Crippen LogP contribution in [0, 0.1) is 5.92 Å². The summed E-state index contributed by atoms with van der Waals surface area (Å²) < 4.78 is 7.67. The van der Waals surface area contributed by atoms with E-state index in [2.05, 4.69) is 44.5 Å². The van der Waals surface area contributed by atoms with Gasteiger partial charge in [0.25, 0.3) is 0 Å². The Morgan fingerprint density at radius 1 is 1.50 bits per heavy atom. The van der Waals surface area contributed by atoms with Gasteiger partial charge < -0.3 is 9.30 Å². The fourth-order valence-electron chi connectivity index (χ4n) is 2.05. The molecule has 0 aromatic carbocycles. The first kappa shape index (κ1) is 12.0. The number of ether oxygens (including phenoxy) is 1. The van der Waals surface area contributed by atoms with E-state index >= 15 is 0 Å². The molecule has 2 rings (SSSR count). The van der Waals surface area contributed by atoms with Gasteiger partial charge in [-0.05, 0) is 12.3 Å². The Kier molecular flexibility index (Phi) is 3.97. The van der Waals surface area contributed by atoms with Gasteiger partial charge in [-0.3, -0.25) is 0 Å². The third kappa shape index (κ3) is 2.46. The Morgan fingerprint density at radius 3 is 2.88 bits per heavy atom. The van der Waals surface area contributed by atoms with Gasteiger partial charge in [0.2, 0.25) is 0 Å². The summed E-state index contributed by atoms with van der Waals surface area (Å²) in [4.78, 5) is 0. The Hall–Kier alpha value is -0.420. The van der Waals surface area contributed by atoms with E-state index in [1.54, 1.807) is 0 Å². The van der Waals surface area contributed by atoms with E-state index in [4.69, 9.17) is 4.74 Å². The normalized spacial score (nSPS) is 20.9. The minimum absolute atomic E-state index is 0.430. The fourth-order valence-corrected chi connectivity index (χ4v) is 2.47. The molecule has 0 spiro atoms. The number of nitrogens with zero attached hydrogens (tertiary/aromatic N) is 3. The van der Waals surface area contributed by atoms with Crippen molar-refractivity contribution in [3.8, 4) is 0 Å². The highest BCUT2D eigenvalue weighted by molar-refractivity contribution is 9.08. The van der Waals surface area contributed by atoms with Crippen molar-refractivity contribution in [2.24, 2.45) is 5.92 Å². The van der Waals surface area contributed by atoms with Crippen LogP contribution in [0.25, 0.3) is 0 Å². The molecule has 2 heterocycles. The van der Waals surface area contributed by atoms with Crippen molar-refractivity contribution in [3.63, 3.8) is 0 Å². The third-order valence-electron chi connectivity index (χ3n) is 2.82. The zero-order chi connectivity index (χ0) is 11.5. The summed E-state index contributed by atoms with van der Waals surface area (Å²) in [6, 6.07) is 0. The average Bonchev–Trinajstić information content (AvgIpc) is 2.84. The van der Waals surface area contributed by atoms with E-state index in [1.165, 1.54) is 0 Å². The van der Waals surface area contributed by atoms with Gasteiger partial charge in [-0.25, -0.2) is 0 Å². The molecule has 5 heteroatoms. The summed E-state index contributed by atoms with van der Waals surface area (Å²) in [7, 11) is 0. The predicted octanol–water partition coefficient (Wildman–Crippen LogP) is 2.33. The van der Waals surface area contributed by atoms with Crippen LogP contribution >= 0.6 is 15.9 Å². The van der Waals surface area contributed by atoms with Gasteiger partial charge in [0.1, 0.15) is 11.6 Å². The summed E-state index contributed by atoms with van der Waals surface area (Å²) in [5.74, 6) is 3.16. The van der Waals surface area contributed by atoms with Crippen LogP contribution in [0.15, 0.2) is 0 Å². The summed E-state index contributed by atoms with van der Waals surface area (Å²) >= 11 is 3.47. The van der Waals surface area contributed by atoms with Crippen molar-refractivity contribution in [1.29, 1.82) is 0 Å². The average molecular weight is 288 g/mol. The van der Waals surface area contributed by atoms with Crippen molar-refractivity contribution in [2.45, 2.75) is 38.1 Å². The quantitative estimate of drug-likeness (QED) is 0.798. The number of rotatable bonds is 4. The van der Waals surface area contributed by atoms with Gasteiger partial charge in [-0.2, -0.15) is 0 Å². The van der Waals surface area contributed by atoms with Crippen molar-refractivity contribution in [1.82, 2.24) is 14.8 Å². The Labute approximate surface area is 105 Å². The molecule has 1 saturated heterocycles. The van der Waals surface area contributed by atoms with Gasteiger partial charge >= 0.3 is 0 Å². The van der Waals surface area contributed by atoms with Crippen LogP contribution < -0.4 is 0 Å². The van der Waals surface area contributed by atoms with Gasteiger partial charge in [-0.1, -0.05) is 29.8 Å². The number of halogens is 1. The largest absolute Gasteiger partial charge is 0.381 e. The van der Waals surface area contributed by atoms with E-state index in [-0.39, 0.29) is 0 Å². The number of alkyl halides is 1. The van der Waals surface area contributed by atoms with E-state index in [9.17, 15) is 0 Å². The SMILES string of the molecule is CC(C)Cn1c(CBr)nnc1C1CCOC1. The van der Waals surface area contributed by atoms with Crippen LogP contribution in [-0.4, -0.2) is 28.0 Å². The number of hydrogen-bond acceptors (Lipinski definition) is 3. The van der Waals surface area contributed by atoms with Crippen molar-refractivity contribution in [2.75, 3.05) is 13.2 Å². The molecule has 1 aliphatic heterocycles. The van der Waals surface area contributed by atoms with Gasteiger partial charge in [0.05, 0.1) is 11.9 Å². The second-order valence-corrected chi connectivity index (χ2v) is 5.23. The van der Waals surface area contributed by atoms with E-state index in [0.717, 1.165) is 43.2 Å². The third-order valence-corrected chi connectivity index (χ3v) is 3.32. The highest BCUT2D eigenvalue weighted by Crippen LogP contribution is 2.25. The molecule has 0 aliphatic carbocycles. The lowest BCUT2D eigenvalue weighted by Gasteiger charge is -2.14. The second kappa shape index (κ2) is 5.27. The zero-order valence-corrected chi connectivity index (χ0v) is 11.4. The molecule has 0 N–H and O–H groups in total. The molecule has 1 aromatic heterocycles. The molecule has 1 unspecified atom stereocenters. The Bertz CT molecular complexity index is 345. The maximum atomic E-state index is 5.42. The van der Waals surface area contributed by atoms with Crippen LogP contribution in [0.2, 0.25) is 0 Å². The topological polar surface area (TPSA) is 39.9 Å². The monoisotopic (exact) mass is 287 g/mol. The highest BCUT2D eigenvalue weighted by Gasteiger charge is 2.25. The molecule has 16 heavy (non-hydrogen) atoms. The van der Waals surface area contributed by atoms with Crippen molar-refractivity contribution in [3.05, 3.63) is 11.6 Å². The molecule has 1 aliphatic rings. The lowest BCUT2D eigenvalue weighted by atomic mass is 10.1. The minimum Gasteiger partial charge on any atom is -0.381 e. The highest BCUT2D eigenvalue weighted by atomic mass is 79.9. The Balaban J connectivity index is 2.25. The standard InChI is InChI=1S/C11H18BrN3O/c1-8(2)6-15-10(5-12)13-14-11(15)9-3-4-16-7-9/h8-9H,3-7H2,1-2H3. The van der Waals surface area contributed by atoms with Crippen molar-refractivity contribution >= 4 is 15.9 Å². The van der Waals surface area contributed by atoms with E-state index < -0.39 is 0 Å². The van der Waals surface area contributed by atoms with Gasteiger partial charge in [0, 0.05) is 19.1 Å². The number of aromatic nitrogens is 3. The van der Waals surface area contributed by atoms with Crippen molar-refractivity contribution < 1.29 is 4.74 Å². The molecule has 0 saturated carbocycles. The van der Waals surface area contributed by atoms with Crippen LogP contribution in [0.1, 0.15) is 37.8 Å². The molecule has 90 valence electrons. The summed E-state index contributed by atoms with van der Waals surface area (Å²) in [5.41, 5.74) is 0. The minimum atomic E-state index is 0.430. The molecular weight excluding hydrogens is 270 g/mol. The molecule has 0 radical (unpaired) electrons. The van der Waals surface area contributed by atoms with Crippen LogP contribution in [-0.2, 0) is 16.6 Å². The molecule has 1 aromatic rings. The summed E-state index contributed by atoms with van der Waals surface area (Å²) in [6.07, 6.45) is 1.07. The number of hydrogen-bond donors (Lipinski definition) is 0. The fraction of sp³-hybridized carbons (Fsp3) is 0.818. The molecule has 1 fully saturated rings. The maximum Gasteiger partial charge on any atom is 0.143 e. The van der Waals surface area contributed by atoms with Gasteiger partial charge in [0.15, 0.2) is 0 Å². The summed E-state index contributed by atoms with van der Waals surface area (Å²) in [6.45, 7) is 7.06.